The highest BCUT2D eigenvalue weighted by Crippen LogP contribution is 1.75. The van der Waals surface area contributed by atoms with Gasteiger partial charge < -0.3 is 29.3 Å². The first kappa shape index (κ1) is 6.43. The monoisotopic (exact) mass is 197 g/mol. The molecule has 0 bridgehead atoms. The third-order valence-electron chi connectivity index (χ3n) is 0.772. The molecule has 0 saturated heterocycles. The van der Waals surface area contributed by atoms with E-state index in [9.17, 15) is 0 Å². The smallest absolute Gasteiger partial charge is 0.0887 e. The summed E-state index contributed by atoms with van der Waals surface area (Å²) in [5, 5.41) is 2.18. The second kappa shape index (κ2) is 3.61. The topological polar surface area (TPSA) is 16.6 Å². The average Bonchev–Trinajstić information content (AvgIpc) is 1.76. The fraction of sp³-hybridized carbons (Fsp3) is 0.500. The minimum atomic E-state index is 0. The predicted octanol–water partition coefficient (Wildman–Crippen LogP) is -3.53. The molecular weight excluding hydrogens is 189 g/mol. The molecule has 0 radical (unpaired) electrons. The molecule has 6 heavy (non-hydrogen) atoms. The van der Waals surface area contributed by atoms with Gasteiger partial charge in [0.05, 0.1) is 12.7 Å². The van der Waals surface area contributed by atoms with E-state index in [0.717, 1.165) is 0 Å². The third kappa shape index (κ3) is 1.77. The van der Waals surface area contributed by atoms with E-state index < -0.39 is 0 Å². The summed E-state index contributed by atoms with van der Waals surface area (Å²) in [6.45, 7) is 1.26. The van der Waals surface area contributed by atoms with Gasteiger partial charge in [-0.05, 0) is 6.08 Å². The van der Waals surface area contributed by atoms with E-state index in [0.29, 0.717) is 0 Å². The third-order valence-corrected chi connectivity index (χ3v) is 0.772. The summed E-state index contributed by atoms with van der Waals surface area (Å²) in [6.07, 6.45) is 5.56. The van der Waals surface area contributed by atoms with Crippen molar-refractivity contribution in [2.75, 3.05) is 6.54 Å². The highest BCUT2D eigenvalue weighted by molar-refractivity contribution is 4.74. The van der Waals surface area contributed by atoms with Gasteiger partial charge in [0.15, 0.2) is 0 Å². The molecule has 1 rings (SSSR count). The number of nitrogens with two attached hydrogens (primary N) is 1. The van der Waals surface area contributed by atoms with Crippen LogP contribution >= 0.6 is 0 Å². The second-order valence-corrected chi connectivity index (χ2v) is 1.24. The number of hydrogen-bond acceptors (Lipinski definition) is 0. The lowest BCUT2D eigenvalue weighted by molar-refractivity contribution is -0.578. The molecule has 0 aliphatic carbocycles. The van der Waals surface area contributed by atoms with E-state index >= 15 is 0 Å². The first-order chi connectivity index (χ1) is 2.50. The molecule has 0 atom stereocenters. The zero-order valence-corrected chi connectivity index (χ0v) is 5.68. The van der Waals surface area contributed by atoms with Crippen LogP contribution in [0.5, 0.6) is 0 Å². The molecule has 0 spiro atoms. The van der Waals surface area contributed by atoms with Crippen LogP contribution in [0.3, 0.4) is 0 Å². The van der Waals surface area contributed by atoms with E-state index in [1.54, 1.807) is 0 Å². The molecule has 1 heterocycles. The lowest BCUT2D eigenvalue weighted by atomic mass is 10.5. The Labute approximate surface area is 54.8 Å². The molecule has 2 heteroatoms. The normalized spacial score (nSPS) is 17.3. The van der Waals surface area contributed by atoms with Crippen molar-refractivity contribution in [3.8, 4) is 0 Å². The van der Waals surface area contributed by atoms with E-state index in [4.69, 9.17) is 0 Å². The fourth-order valence-corrected chi connectivity index (χ4v) is 0.481. The van der Waals surface area contributed by atoms with Gasteiger partial charge in [-0.25, -0.2) is 0 Å². The Bertz CT molecular complexity index is 45.5. The highest BCUT2D eigenvalue weighted by atomic mass is 127. The SMILES string of the molecule is C1=C[NH2+]CC1.[I-]. The van der Waals surface area contributed by atoms with Gasteiger partial charge in [0.1, 0.15) is 0 Å². The number of hydrogen-bond donors (Lipinski definition) is 1. The highest BCUT2D eigenvalue weighted by Gasteiger charge is 1.87. The van der Waals surface area contributed by atoms with Gasteiger partial charge in [0, 0.05) is 6.42 Å². The van der Waals surface area contributed by atoms with Crippen molar-refractivity contribution in [2.24, 2.45) is 0 Å². The maximum atomic E-state index is 2.18. The molecule has 1 aliphatic rings. The van der Waals surface area contributed by atoms with Crippen LogP contribution in [0.1, 0.15) is 6.42 Å². The zero-order valence-electron chi connectivity index (χ0n) is 3.52. The van der Waals surface area contributed by atoms with Crippen molar-refractivity contribution < 1.29 is 29.3 Å². The standard InChI is InChI=1S/C4H7N.HI/c1-2-4-5-3-1;/h1,3,5H,2,4H2;1H. The molecule has 0 fully saturated rings. The predicted molar refractivity (Wildman–Crippen MR) is 20.5 cm³/mol. The zero-order chi connectivity index (χ0) is 3.54. The molecule has 36 valence electrons. The van der Waals surface area contributed by atoms with Crippen molar-refractivity contribution in [3.63, 3.8) is 0 Å². The van der Waals surface area contributed by atoms with Gasteiger partial charge >= 0.3 is 0 Å². The van der Waals surface area contributed by atoms with Crippen molar-refractivity contribution in [1.29, 1.82) is 0 Å². The van der Waals surface area contributed by atoms with Crippen molar-refractivity contribution in [2.45, 2.75) is 6.42 Å². The molecule has 1 aliphatic heterocycles. The van der Waals surface area contributed by atoms with Crippen LogP contribution in [0.4, 0.5) is 0 Å². The molecule has 0 saturated carbocycles. The maximum absolute atomic E-state index is 2.18. The van der Waals surface area contributed by atoms with Crippen LogP contribution in [0.15, 0.2) is 12.3 Å². The summed E-state index contributed by atoms with van der Waals surface area (Å²) in [5.41, 5.74) is 0. The minimum Gasteiger partial charge on any atom is -1.00 e. The molecule has 0 amide bonds. The van der Waals surface area contributed by atoms with Crippen LogP contribution in [-0.2, 0) is 0 Å². The summed E-state index contributed by atoms with van der Waals surface area (Å²) >= 11 is 0. The van der Waals surface area contributed by atoms with Crippen LogP contribution in [0.25, 0.3) is 0 Å². The maximum Gasteiger partial charge on any atom is 0.0887 e. The quantitative estimate of drug-likeness (QED) is 0.387. The van der Waals surface area contributed by atoms with Gasteiger partial charge in [0.2, 0.25) is 0 Å². The second-order valence-electron chi connectivity index (χ2n) is 1.24. The summed E-state index contributed by atoms with van der Waals surface area (Å²) in [7, 11) is 0. The first-order valence-corrected chi connectivity index (χ1v) is 1.98. The van der Waals surface area contributed by atoms with Gasteiger partial charge in [-0.2, -0.15) is 0 Å². The summed E-state index contributed by atoms with van der Waals surface area (Å²) < 4.78 is 0. The van der Waals surface area contributed by atoms with Crippen LogP contribution in [0.2, 0.25) is 0 Å². The molecule has 1 nitrogen and oxygen atoms in total. The molecule has 2 N–H and O–H groups in total. The van der Waals surface area contributed by atoms with Gasteiger partial charge in [-0.3, -0.25) is 0 Å². The summed E-state index contributed by atoms with van der Waals surface area (Å²) in [6, 6.07) is 0. The Balaban J connectivity index is 0.000000250. The fourth-order valence-electron chi connectivity index (χ4n) is 0.481. The molecule has 0 aromatic heterocycles. The number of halogens is 1. The average molecular weight is 197 g/mol. The Kier molecular flexibility index (Phi) is 3.87. The molecular formula is C4H8IN. The van der Waals surface area contributed by atoms with E-state index in [2.05, 4.69) is 17.6 Å². The van der Waals surface area contributed by atoms with Crippen molar-refractivity contribution >= 4 is 0 Å². The molecule has 0 aromatic carbocycles. The Morgan fingerprint density at radius 1 is 1.50 bits per heavy atom. The first-order valence-electron chi connectivity index (χ1n) is 1.98. The van der Waals surface area contributed by atoms with Gasteiger partial charge in [-0.1, -0.05) is 0 Å². The number of rotatable bonds is 0. The summed E-state index contributed by atoms with van der Waals surface area (Å²) in [4.78, 5) is 0. The van der Waals surface area contributed by atoms with Crippen molar-refractivity contribution in [1.82, 2.24) is 0 Å². The molecule has 0 aromatic rings. The summed E-state index contributed by atoms with van der Waals surface area (Å²) in [5.74, 6) is 0. The van der Waals surface area contributed by atoms with Crippen LogP contribution in [-0.4, -0.2) is 6.54 Å². The minimum absolute atomic E-state index is 0. The largest absolute Gasteiger partial charge is 1.00 e. The van der Waals surface area contributed by atoms with Crippen molar-refractivity contribution in [3.05, 3.63) is 12.3 Å². The lowest BCUT2D eigenvalue weighted by Crippen LogP contribution is -3.00. The van der Waals surface area contributed by atoms with E-state index in [-0.39, 0.29) is 24.0 Å². The lowest BCUT2D eigenvalue weighted by Gasteiger charge is -1.71. The Morgan fingerprint density at radius 2 is 2.33 bits per heavy atom. The Morgan fingerprint density at radius 3 is 2.50 bits per heavy atom. The Hall–Kier alpha value is 0.430. The van der Waals surface area contributed by atoms with Crippen LogP contribution in [0, 0.1) is 0 Å². The van der Waals surface area contributed by atoms with E-state index in [1.807, 2.05) is 0 Å². The van der Waals surface area contributed by atoms with Gasteiger partial charge in [0.25, 0.3) is 0 Å². The van der Waals surface area contributed by atoms with E-state index in [1.165, 1.54) is 13.0 Å². The van der Waals surface area contributed by atoms with Gasteiger partial charge in [-0.15, -0.1) is 0 Å². The molecule has 0 unspecified atom stereocenters. The van der Waals surface area contributed by atoms with Crippen LogP contribution < -0.4 is 29.3 Å². The number of quaternary nitrogens is 1.